The number of nitrogens with zero attached hydrogens (tertiary/aromatic N) is 1. The van der Waals surface area contributed by atoms with Gasteiger partial charge in [0.05, 0.1) is 0 Å². The molecule has 3 aliphatic rings. The van der Waals surface area contributed by atoms with Gasteiger partial charge in [-0.15, -0.1) is 0 Å². The maximum atomic E-state index is 2.45. The van der Waals surface area contributed by atoms with E-state index in [1.54, 1.807) is 0 Å². The average Bonchev–Trinajstić information content (AvgIpc) is 3.30. The first kappa shape index (κ1) is 23.3. The summed E-state index contributed by atoms with van der Waals surface area (Å²) in [6, 6.07) is 32.1. The van der Waals surface area contributed by atoms with E-state index in [9.17, 15) is 0 Å². The minimum absolute atomic E-state index is 0.0120. The third-order valence-corrected chi connectivity index (χ3v) is 9.22. The van der Waals surface area contributed by atoms with Crippen LogP contribution in [0.2, 0.25) is 0 Å². The lowest BCUT2D eigenvalue weighted by atomic mass is 9.80. The smallest absolute Gasteiger partial charge is 0.139 e. The molecule has 0 saturated carbocycles. The quantitative estimate of drug-likeness (QED) is 0.262. The standard InChI is InChI=1S/C36H34BN/c1-35(2)31-11-7-5-9-27(31)29-19-17-25(21-33(29)35)38(24-15-13-23(37)14-16-24)26-18-20-30-28-10-6-8-12-32(28)36(3,4)34(30)22-26/h5,7-9,11-22H,6,10,37H2,1-4H3. The van der Waals surface area contributed by atoms with Crippen molar-refractivity contribution in [1.29, 1.82) is 0 Å². The molecule has 0 heterocycles. The Morgan fingerprint density at radius 3 is 1.97 bits per heavy atom. The average molecular weight is 491 g/mol. The van der Waals surface area contributed by atoms with Crippen LogP contribution in [-0.2, 0) is 10.8 Å². The summed E-state index contributed by atoms with van der Waals surface area (Å²) in [7, 11) is 2.16. The first-order valence-corrected chi connectivity index (χ1v) is 13.9. The third-order valence-electron chi connectivity index (χ3n) is 9.22. The fourth-order valence-corrected chi connectivity index (χ4v) is 7.10. The fraction of sp³-hybridized carbons (Fsp3) is 0.222. The molecule has 4 aromatic rings. The molecule has 0 bridgehead atoms. The van der Waals surface area contributed by atoms with Crippen LogP contribution in [0.1, 0.15) is 62.8 Å². The van der Waals surface area contributed by atoms with Crippen LogP contribution < -0.4 is 10.4 Å². The molecular weight excluding hydrogens is 457 g/mol. The Morgan fingerprint density at radius 2 is 1.24 bits per heavy atom. The molecule has 0 radical (unpaired) electrons. The summed E-state index contributed by atoms with van der Waals surface area (Å²) < 4.78 is 0. The van der Waals surface area contributed by atoms with Gasteiger partial charge in [0.15, 0.2) is 0 Å². The van der Waals surface area contributed by atoms with Crippen LogP contribution in [0.15, 0.2) is 103 Å². The second-order valence-electron chi connectivity index (χ2n) is 12.3. The van der Waals surface area contributed by atoms with Crippen molar-refractivity contribution in [3.8, 4) is 11.1 Å². The van der Waals surface area contributed by atoms with Gasteiger partial charge in [-0.2, -0.15) is 0 Å². The van der Waals surface area contributed by atoms with E-state index in [0.29, 0.717) is 0 Å². The Kier molecular flexibility index (Phi) is 4.98. The molecule has 0 unspecified atom stereocenters. The molecule has 0 spiro atoms. The molecule has 0 amide bonds. The van der Waals surface area contributed by atoms with Gasteiger partial charge in [0.25, 0.3) is 0 Å². The van der Waals surface area contributed by atoms with Crippen LogP contribution in [0.4, 0.5) is 17.1 Å². The minimum Gasteiger partial charge on any atom is -0.310 e. The largest absolute Gasteiger partial charge is 0.310 e. The maximum Gasteiger partial charge on any atom is 0.139 e. The Labute approximate surface area is 227 Å². The number of rotatable bonds is 3. The summed E-state index contributed by atoms with van der Waals surface area (Å²) in [4.78, 5) is 2.45. The predicted molar refractivity (Wildman–Crippen MR) is 165 cm³/mol. The van der Waals surface area contributed by atoms with Gasteiger partial charge in [-0.1, -0.05) is 93.8 Å². The summed E-state index contributed by atoms with van der Waals surface area (Å²) in [6.07, 6.45) is 7.00. The highest BCUT2D eigenvalue weighted by Crippen LogP contribution is 2.53. The van der Waals surface area contributed by atoms with E-state index in [0.717, 1.165) is 12.8 Å². The van der Waals surface area contributed by atoms with Crippen LogP contribution in [0.3, 0.4) is 0 Å². The summed E-state index contributed by atoms with van der Waals surface area (Å²) in [5.41, 5.74) is 16.3. The highest BCUT2D eigenvalue weighted by Gasteiger charge is 2.38. The second kappa shape index (κ2) is 8.11. The van der Waals surface area contributed by atoms with Gasteiger partial charge in [0.2, 0.25) is 0 Å². The molecule has 38 heavy (non-hydrogen) atoms. The molecule has 1 nitrogen and oxygen atoms in total. The van der Waals surface area contributed by atoms with Gasteiger partial charge < -0.3 is 4.90 Å². The Balaban J connectivity index is 1.40. The summed E-state index contributed by atoms with van der Waals surface area (Å²) in [5, 5.41) is 0. The van der Waals surface area contributed by atoms with Crippen LogP contribution in [0.25, 0.3) is 16.7 Å². The van der Waals surface area contributed by atoms with Crippen molar-refractivity contribution in [2.75, 3.05) is 4.90 Å². The van der Waals surface area contributed by atoms with Crippen molar-refractivity contribution in [2.24, 2.45) is 0 Å². The normalized spacial score (nSPS) is 17.6. The number of benzene rings is 4. The number of allylic oxidation sites excluding steroid dienone is 4. The van der Waals surface area contributed by atoms with Crippen LogP contribution in [-0.4, -0.2) is 7.85 Å². The number of hydrogen-bond acceptors (Lipinski definition) is 1. The van der Waals surface area contributed by atoms with Gasteiger partial charge in [0.1, 0.15) is 7.85 Å². The Morgan fingerprint density at radius 1 is 0.632 bits per heavy atom. The SMILES string of the molecule is Bc1ccc(N(c2ccc3c(c2)C(C)(C)C2=C3CCC=C2)c2ccc3c(c2)C(C)(C)c2ccccc2-3)cc1. The number of anilines is 3. The van der Waals surface area contributed by atoms with Crippen LogP contribution in [0.5, 0.6) is 0 Å². The molecule has 0 N–H and O–H groups in total. The summed E-state index contributed by atoms with van der Waals surface area (Å²) in [6.45, 7) is 9.50. The van der Waals surface area contributed by atoms with Gasteiger partial charge in [-0.25, -0.2) is 0 Å². The topological polar surface area (TPSA) is 3.24 Å². The number of fused-ring (bicyclic) bond motifs is 5. The zero-order chi connectivity index (χ0) is 26.2. The lowest BCUT2D eigenvalue weighted by Gasteiger charge is -2.30. The second-order valence-corrected chi connectivity index (χ2v) is 12.3. The van der Waals surface area contributed by atoms with Gasteiger partial charge in [-0.05, 0) is 93.8 Å². The van der Waals surface area contributed by atoms with Crippen LogP contribution in [0, 0.1) is 0 Å². The molecule has 0 fully saturated rings. The highest BCUT2D eigenvalue weighted by molar-refractivity contribution is 6.32. The van der Waals surface area contributed by atoms with E-state index >= 15 is 0 Å². The fourth-order valence-electron chi connectivity index (χ4n) is 7.10. The maximum absolute atomic E-state index is 2.45. The summed E-state index contributed by atoms with van der Waals surface area (Å²) in [5.74, 6) is 0. The zero-order valence-corrected chi connectivity index (χ0v) is 23.1. The van der Waals surface area contributed by atoms with E-state index < -0.39 is 0 Å². The monoisotopic (exact) mass is 491 g/mol. The van der Waals surface area contributed by atoms with Gasteiger partial charge in [-0.3, -0.25) is 0 Å². The molecule has 0 atom stereocenters. The molecule has 3 aliphatic carbocycles. The molecule has 2 heteroatoms. The lowest BCUT2D eigenvalue weighted by Crippen LogP contribution is -2.19. The van der Waals surface area contributed by atoms with E-state index in [-0.39, 0.29) is 10.8 Å². The first-order chi connectivity index (χ1) is 18.3. The van der Waals surface area contributed by atoms with E-state index in [1.807, 2.05) is 0 Å². The van der Waals surface area contributed by atoms with Crippen molar-refractivity contribution < 1.29 is 0 Å². The van der Waals surface area contributed by atoms with Crippen molar-refractivity contribution in [1.82, 2.24) is 0 Å². The molecule has 4 aromatic carbocycles. The third kappa shape index (κ3) is 3.26. The Hall–Kier alpha value is -3.78. The van der Waals surface area contributed by atoms with Crippen molar-refractivity contribution in [3.05, 3.63) is 125 Å². The number of hydrogen-bond donors (Lipinski definition) is 0. The first-order valence-electron chi connectivity index (χ1n) is 13.9. The van der Waals surface area contributed by atoms with E-state index in [1.165, 1.54) is 67.1 Å². The van der Waals surface area contributed by atoms with E-state index in [2.05, 4.69) is 138 Å². The molecule has 0 saturated heterocycles. The lowest BCUT2D eigenvalue weighted by molar-refractivity contribution is 0.651. The highest BCUT2D eigenvalue weighted by atomic mass is 15.1. The van der Waals surface area contributed by atoms with Crippen molar-refractivity contribution in [3.63, 3.8) is 0 Å². The minimum atomic E-state index is -0.0316. The van der Waals surface area contributed by atoms with Gasteiger partial charge in [0, 0.05) is 27.9 Å². The summed E-state index contributed by atoms with van der Waals surface area (Å²) >= 11 is 0. The molecule has 0 aromatic heterocycles. The molecular formula is C36H34BN. The Bertz CT molecular complexity index is 1670. The predicted octanol–water partition coefficient (Wildman–Crippen LogP) is 8.12. The van der Waals surface area contributed by atoms with Gasteiger partial charge >= 0.3 is 0 Å². The molecule has 0 aliphatic heterocycles. The van der Waals surface area contributed by atoms with Crippen LogP contribution >= 0.6 is 0 Å². The van der Waals surface area contributed by atoms with Crippen molar-refractivity contribution >= 4 is 35.9 Å². The zero-order valence-electron chi connectivity index (χ0n) is 23.1. The van der Waals surface area contributed by atoms with E-state index in [4.69, 9.17) is 0 Å². The molecule has 186 valence electrons. The van der Waals surface area contributed by atoms with Crippen molar-refractivity contribution in [2.45, 2.75) is 51.4 Å². The molecule has 7 rings (SSSR count).